The summed E-state index contributed by atoms with van der Waals surface area (Å²) in [6, 6.07) is 12.4. The molecule has 2 aliphatic heterocycles. The monoisotopic (exact) mass is 526 g/mol. The van der Waals surface area contributed by atoms with E-state index in [0.29, 0.717) is 50.0 Å². The van der Waals surface area contributed by atoms with E-state index in [1.54, 1.807) is 6.07 Å². The lowest BCUT2D eigenvalue weighted by atomic mass is 9.88. The molecular formula is C29H36ClFN4O2. The van der Waals surface area contributed by atoms with Crippen molar-refractivity contribution in [2.75, 3.05) is 44.2 Å². The molecule has 5 rings (SSSR count). The molecule has 2 aromatic rings. The molecule has 2 aromatic carbocycles. The molecule has 2 N–H and O–H groups in total. The van der Waals surface area contributed by atoms with Crippen LogP contribution in [0, 0.1) is 23.6 Å². The fourth-order valence-electron chi connectivity index (χ4n) is 5.75. The lowest BCUT2D eigenvalue weighted by molar-refractivity contribution is -0.136. The number of likely N-dealkylation sites (tertiary alicyclic amines) is 1. The fraction of sp³-hybridized carbons (Fsp3) is 0.517. The van der Waals surface area contributed by atoms with E-state index in [1.807, 2.05) is 58.9 Å². The zero-order valence-corrected chi connectivity index (χ0v) is 22.3. The van der Waals surface area contributed by atoms with Crippen molar-refractivity contribution in [1.29, 1.82) is 0 Å². The predicted molar refractivity (Wildman–Crippen MR) is 144 cm³/mol. The van der Waals surface area contributed by atoms with E-state index in [9.17, 15) is 14.0 Å². The normalized spacial score (nSPS) is 23.0. The summed E-state index contributed by atoms with van der Waals surface area (Å²) in [4.78, 5) is 32.5. The minimum Gasteiger partial charge on any atom is -0.365 e. The molecule has 2 saturated heterocycles. The van der Waals surface area contributed by atoms with Gasteiger partial charge in [-0.05, 0) is 48.1 Å². The molecule has 2 amide bonds. The molecule has 0 spiro atoms. The van der Waals surface area contributed by atoms with Crippen LogP contribution < -0.4 is 10.6 Å². The molecule has 37 heavy (non-hydrogen) atoms. The minimum atomic E-state index is -0.297. The van der Waals surface area contributed by atoms with Crippen LogP contribution in [0.1, 0.15) is 49.8 Å². The van der Waals surface area contributed by atoms with E-state index in [-0.39, 0.29) is 47.3 Å². The number of para-hydroxylation sites is 1. The summed E-state index contributed by atoms with van der Waals surface area (Å²) in [6.45, 7) is 7.15. The third-order valence-corrected chi connectivity index (χ3v) is 8.43. The Balaban J connectivity index is 1.31. The van der Waals surface area contributed by atoms with Gasteiger partial charge >= 0.3 is 0 Å². The number of nitrogens with two attached hydrogens (primary N) is 1. The van der Waals surface area contributed by atoms with Gasteiger partial charge in [0.15, 0.2) is 0 Å². The lowest BCUT2D eigenvalue weighted by Gasteiger charge is -2.39. The Hall–Kier alpha value is -2.64. The second kappa shape index (κ2) is 10.6. The van der Waals surface area contributed by atoms with E-state index >= 15 is 0 Å². The van der Waals surface area contributed by atoms with Crippen molar-refractivity contribution in [3.8, 4) is 0 Å². The molecule has 8 heteroatoms. The van der Waals surface area contributed by atoms with Gasteiger partial charge in [-0.2, -0.15) is 0 Å². The van der Waals surface area contributed by atoms with Crippen molar-refractivity contribution in [1.82, 2.24) is 9.80 Å². The van der Waals surface area contributed by atoms with Gasteiger partial charge in [-0.25, -0.2) is 4.39 Å². The van der Waals surface area contributed by atoms with Crippen LogP contribution in [0.3, 0.4) is 0 Å². The lowest BCUT2D eigenvalue weighted by Crippen LogP contribution is -2.51. The van der Waals surface area contributed by atoms with Gasteiger partial charge in [-0.3, -0.25) is 9.59 Å². The van der Waals surface area contributed by atoms with Gasteiger partial charge in [-0.1, -0.05) is 49.7 Å². The Labute approximate surface area is 223 Å². The van der Waals surface area contributed by atoms with Crippen LogP contribution in [0.2, 0.25) is 5.02 Å². The van der Waals surface area contributed by atoms with Crippen LogP contribution >= 0.6 is 11.6 Å². The van der Waals surface area contributed by atoms with Gasteiger partial charge in [0, 0.05) is 62.2 Å². The molecular weight excluding hydrogens is 491 g/mol. The molecule has 1 saturated carbocycles. The molecule has 3 aliphatic rings. The van der Waals surface area contributed by atoms with E-state index in [1.165, 1.54) is 6.07 Å². The highest BCUT2D eigenvalue weighted by Crippen LogP contribution is 2.39. The number of hydrogen-bond acceptors (Lipinski definition) is 4. The first-order valence-corrected chi connectivity index (χ1v) is 13.7. The minimum absolute atomic E-state index is 0.0623. The van der Waals surface area contributed by atoms with Gasteiger partial charge < -0.3 is 20.4 Å². The molecule has 1 aliphatic carbocycles. The largest absolute Gasteiger partial charge is 0.365 e. The maximum absolute atomic E-state index is 15.0. The van der Waals surface area contributed by atoms with Gasteiger partial charge in [0.1, 0.15) is 5.82 Å². The summed E-state index contributed by atoms with van der Waals surface area (Å²) in [7, 11) is 0. The molecule has 0 aromatic heterocycles. The number of carbonyl (C=O) groups is 2. The van der Waals surface area contributed by atoms with Gasteiger partial charge in [-0.15, -0.1) is 0 Å². The summed E-state index contributed by atoms with van der Waals surface area (Å²) >= 11 is 6.11. The van der Waals surface area contributed by atoms with Crippen LogP contribution in [0.25, 0.3) is 0 Å². The van der Waals surface area contributed by atoms with Crippen molar-refractivity contribution >= 4 is 29.1 Å². The highest BCUT2D eigenvalue weighted by Gasteiger charge is 2.45. The highest BCUT2D eigenvalue weighted by atomic mass is 35.5. The molecule has 2 heterocycles. The third kappa shape index (κ3) is 5.34. The van der Waals surface area contributed by atoms with E-state index in [4.69, 9.17) is 17.3 Å². The molecule has 0 bridgehead atoms. The highest BCUT2D eigenvalue weighted by molar-refractivity contribution is 6.30. The topological polar surface area (TPSA) is 69.9 Å². The number of carbonyl (C=O) groups excluding carboxylic acids is 2. The molecule has 6 nitrogen and oxygen atoms in total. The summed E-state index contributed by atoms with van der Waals surface area (Å²) in [5.74, 6) is -0.0963. The standard InChI is InChI=1S/C29H36ClFN4O2/c1-18(2)26(32)22-4-3-5-25(31)27(22)33-12-14-34(15-13-33)29(37)24-17-35(28(36)20-6-7-20)16-23(24)19-8-10-21(30)11-9-19/h3-5,8-11,18,20,23-24,26H,6-7,12-17,32H2,1-2H3/t23-,24+,26+/m1/s1. The Bertz CT molecular complexity index is 1150. The van der Waals surface area contributed by atoms with Gasteiger partial charge in [0.05, 0.1) is 11.6 Å². The Morgan fingerprint density at radius 2 is 1.62 bits per heavy atom. The molecule has 0 unspecified atom stereocenters. The summed E-state index contributed by atoms with van der Waals surface area (Å²) in [6.07, 6.45) is 1.89. The summed E-state index contributed by atoms with van der Waals surface area (Å²) < 4.78 is 15.0. The van der Waals surface area contributed by atoms with Crippen LogP contribution in [0.5, 0.6) is 0 Å². The van der Waals surface area contributed by atoms with E-state index in [2.05, 4.69) is 0 Å². The Morgan fingerprint density at radius 1 is 0.946 bits per heavy atom. The number of amides is 2. The van der Waals surface area contributed by atoms with Crippen molar-refractivity contribution in [3.63, 3.8) is 0 Å². The second-order valence-corrected chi connectivity index (χ2v) is 11.5. The molecule has 0 radical (unpaired) electrons. The van der Waals surface area contributed by atoms with Gasteiger partial charge in [0.2, 0.25) is 11.8 Å². The first kappa shape index (κ1) is 26.0. The maximum Gasteiger partial charge on any atom is 0.228 e. The zero-order chi connectivity index (χ0) is 26.3. The van der Waals surface area contributed by atoms with Crippen molar-refractivity contribution in [2.45, 2.75) is 38.6 Å². The van der Waals surface area contributed by atoms with Crippen LogP contribution in [-0.2, 0) is 9.59 Å². The van der Waals surface area contributed by atoms with E-state index < -0.39 is 0 Å². The Kier molecular flexibility index (Phi) is 7.46. The third-order valence-electron chi connectivity index (χ3n) is 8.18. The first-order chi connectivity index (χ1) is 17.7. The predicted octanol–water partition coefficient (Wildman–Crippen LogP) is 4.44. The average molecular weight is 527 g/mol. The first-order valence-electron chi connectivity index (χ1n) is 13.4. The van der Waals surface area contributed by atoms with Crippen molar-refractivity contribution < 1.29 is 14.0 Å². The quantitative estimate of drug-likeness (QED) is 0.604. The average Bonchev–Trinajstić information content (AvgIpc) is 3.66. The van der Waals surface area contributed by atoms with Crippen LogP contribution in [-0.4, -0.2) is 60.9 Å². The fourth-order valence-corrected chi connectivity index (χ4v) is 5.87. The number of piperazine rings is 1. The second-order valence-electron chi connectivity index (χ2n) is 11.0. The number of nitrogens with zero attached hydrogens (tertiary/aromatic N) is 3. The zero-order valence-electron chi connectivity index (χ0n) is 21.6. The number of rotatable bonds is 6. The van der Waals surface area contributed by atoms with Crippen molar-refractivity contribution in [2.24, 2.45) is 23.5 Å². The molecule has 198 valence electrons. The molecule has 3 fully saturated rings. The SMILES string of the molecule is CC(C)[C@H](N)c1cccc(F)c1N1CCN(C(=O)[C@H]2CN(C(=O)C3CC3)C[C@@H]2c2ccc(Cl)cc2)CC1. The van der Waals surface area contributed by atoms with Crippen LogP contribution in [0.4, 0.5) is 10.1 Å². The number of anilines is 1. The van der Waals surface area contributed by atoms with Crippen LogP contribution in [0.15, 0.2) is 42.5 Å². The van der Waals surface area contributed by atoms with Crippen molar-refractivity contribution in [3.05, 3.63) is 64.4 Å². The Morgan fingerprint density at radius 3 is 2.24 bits per heavy atom. The maximum atomic E-state index is 15.0. The molecule has 3 atom stereocenters. The number of benzene rings is 2. The summed E-state index contributed by atoms with van der Waals surface area (Å²) in [5, 5.41) is 0.649. The number of halogens is 2. The van der Waals surface area contributed by atoms with E-state index in [0.717, 1.165) is 24.0 Å². The van der Waals surface area contributed by atoms with Gasteiger partial charge in [0.25, 0.3) is 0 Å². The summed E-state index contributed by atoms with van der Waals surface area (Å²) in [5.41, 5.74) is 8.81. The smallest absolute Gasteiger partial charge is 0.228 e. The number of hydrogen-bond donors (Lipinski definition) is 1.